The number of benzene rings is 1. The van der Waals surface area contributed by atoms with Crippen molar-refractivity contribution in [1.82, 2.24) is 5.32 Å². The highest BCUT2D eigenvalue weighted by Crippen LogP contribution is 2.23. The molecular weight excluding hydrogens is 277 g/mol. The lowest BCUT2D eigenvalue weighted by atomic mass is 10.1. The molecular formula is C10H6F5NO3. The third kappa shape index (κ3) is 3.39. The molecule has 0 heterocycles. The fourth-order valence-corrected chi connectivity index (χ4v) is 1.26. The zero-order valence-corrected chi connectivity index (χ0v) is 8.96. The summed E-state index contributed by atoms with van der Waals surface area (Å²) < 4.78 is 62.5. The predicted octanol–water partition coefficient (Wildman–Crippen LogP) is 1.77. The van der Waals surface area contributed by atoms with Crippen molar-refractivity contribution < 1.29 is 36.6 Å². The van der Waals surface area contributed by atoms with Crippen LogP contribution >= 0.6 is 0 Å². The van der Waals surface area contributed by atoms with Gasteiger partial charge in [0.15, 0.2) is 6.04 Å². The van der Waals surface area contributed by atoms with Crippen LogP contribution in [0.25, 0.3) is 0 Å². The van der Waals surface area contributed by atoms with Crippen LogP contribution in [-0.4, -0.2) is 23.2 Å². The number of rotatable bonds is 3. The van der Waals surface area contributed by atoms with Crippen LogP contribution in [0.3, 0.4) is 0 Å². The smallest absolute Gasteiger partial charge is 0.471 e. The van der Waals surface area contributed by atoms with Crippen LogP contribution in [0, 0.1) is 11.6 Å². The van der Waals surface area contributed by atoms with E-state index in [1.54, 1.807) is 0 Å². The maximum absolute atomic E-state index is 13.3. The third-order valence-electron chi connectivity index (χ3n) is 2.07. The molecule has 19 heavy (non-hydrogen) atoms. The summed E-state index contributed by atoms with van der Waals surface area (Å²) in [6.45, 7) is 0. The minimum atomic E-state index is -5.37. The molecule has 9 heteroatoms. The van der Waals surface area contributed by atoms with Crippen molar-refractivity contribution in [1.29, 1.82) is 0 Å². The molecule has 0 saturated heterocycles. The third-order valence-corrected chi connectivity index (χ3v) is 2.07. The molecule has 1 aromatic rings. The van der Waals surface area contributed by atoms with Crippen molar-refractivity contribution >= 4 is 11.9 Å². The quantitative estimate of drug-likeness (QED) is 0.831. The largest absolute Gasteiger partial charge is 0.479 e. The van der Waals surface area contributed by atoms with Crippen LogP contribution in [0.4, 0.5) is 22.0 Å². The van der Waals surface area contributed by atoms with E-state index in [0.29, 0.717) is 12.1 Å². The Hall–Kier alpha value is -2.19. The van der Waals surface area contributed by atoms with Crippen LogP contribution in [0.2, 0.25) is 0 Å². The highest BCUT2D eigenvalue weighted by atomic mass is 19.4. The normalized spacial score (nSPS) is 12.9. The van der Waals surface area contributed by atoms with E-state index < -0.39 is 41.3 Å². The van der Waals surface area contributed by atoms with Gasteiger partial charge in [-0.15, -0.1) is 0 Å². The Morgan fingerprint density at radius 3 is 2.00 bits per heavy atom. The number of amides is 1. The van der Waals surface area contributed by atoms with Crippen molar-refractivity contribution in [3.63, 3.8) is 0 Å². The number of hydrogen-bond donors (Lipinski definition) is 2. The van der Waals surface area contributed by atoms with Gasteiger partial charge in [-0.05, 0) is 12.1 Å². The Bertz CT molecular complexity index is 494. The van der Waals surface area contributed by atoms with Crippen LogP contribution in [0.5, 0.6) is 0 Å². The first-order chi connectivity index (χ1) is 8.64. The van der Waals surface area contributed by atoms with Crippen molar-refractivity contribution in [2.75, 3.05) is 0 Å². The van der Waals surface area contributed by atoms with Gasteiger partial charge in [-0.2, -0.15) is 13.2 Å². The fourth-order valence-electron chi connectivity index (χ4n) is 1.26. The van der Waals surface area contributed by atoms with Crippen LogP contribution in [-0.2, 0) is 9.59 Å². The van der Waals surface area contributed by atoms with E-state index in [2.05, 4.69) is 0 Å². The first-order valence-corrected chi connectivity index (χ1v) is 4.69. The van der Waals surface area contributed by atoms with Crippen LogP contribution in [0.1, 0.15) is 11.6 Å². The average molecular weight is 283 g/mol. The minimum Gasteiger partial charge on any atom is -0.479 e. The number of carbonyl (C=O) groups excluding carboxylic acids is 1. The molecule has 0 aromatic heterocycles. The number of carboxylic acids is 1. The molecule has 0 spiro atoms. The number of alkyl halides is 3. The van der Waals surface area contributed by atoms with Gasteiger partial charge in [0.2, 0.25) is 0 Å². The topological polar surface area (TPSA) is 66.4 Å². The summed E-state index contributed by atoms with van der Waals surface area (Å²) in [5.74, 6) is -7.39. The Morgan fingerprint density at radius 2 is 1.63 bits per heavy atom. The predicted molar refractivity (Wildman–Crippen MR) is 50.9 cm³/mol. The summed E-state index contributed by atoms with van der Waals surface area (Å²) in [4.78, 5) is 21.4. The summed E-state index contributed by atoms with van der Waals surface area (Å²) in [6.07, 6.45) is -5.37. The number of aliphatic carboxylic acids is 1. The second-order valence-corrected chi connectivity index (χ2v) is 3.38. The first kappa shape index (κ1) is 14.9. The SMILES string of the molecule is O=C(O)C(NC(=O)C(F)(F)F)c1c(F)cccc1F. The molecule has 0 saturated carbocycles. The fraction of sp³-hybridized carbons (Fsp3) is 0.200. The Morgan fingerprint density at radius 1 is 1.16 bits per heavy atom. The summed E-state index contributed by atoms with van der Waals surface area (Å²) in [5.41, 5.74) is -1.17. The van der Waals surface area contributed by atoms with Crippen molar-refractivity contribution in [2.24, 2.45) is 0 Å². The molecule has 0 aliphatic carbocycles. The molecule has 1 atom stereocenters. The molecule has 0 bridgehead atoms. The second-order valence-electron chi connectivity index (χ2n) is 3.38. The molecule has 1 aromatic carbocycles. The van der Waals surface area contributed by atoms with Gasteiger partial charge in [-0.25, -0.2) is 13.6 Å². The Kier molecular flexibility index (Phi) is 4.07. The van der Waals surface area contributed by atoms with Crippen molar-refractivity contribution in [2.45, 2.75) is 12.2 Å². The molecule has 0 fully saturated rings. The Balaban J connectivity index is 3.16. The lowest BCUT2D eigenvalue weighted by molar-refractivity contribution is -0.175. The van der Waals surface area contributed by atoms with Gasteiger partial charge in [0.1, 0.15) is 11.6 Å². The Labute approximate surface area is 102 Å². The molecule has 2 N–H and O–H groups in total. The van der Waals surface area contributed by atoms with Gasteiger partial charge in [0, 0.05) is 0 Å². The summed E-state index contributed by atoms with van der Waals surface area (Å²) in [7, 11) is 0. The highest BCUT2D eigenvalue weighted by Gasteiger charge is 2.42. The van der Waals surface area contributed by atoms with Crippen LogP contribution < -0.4 is 5.32 Å². The van der Waals surface area contributed by atoms with Crippen molar-refractivity contribution in [3.05, 3.63) is 35.4 Å². The summed E-state index contributed by atoms with van der Waals surface area (Å²) >= 11 is 0. The number of carbonyl (C=O) groups is 2. The number of carboxylic acid groups (broad SMARTS) is 1. The molecule has 0 aliphatic heterocycles. The molecule has 1 amide bonds. The van der Waals surface area contributed by atoms with Gasteiger partial charge >= 0.3 is 18.1 Å². The maximum Gasteiger partial charge on any atom is 0.471 e. The summed E-state index contributed by atoms with van der Waals surface area (Å²) in [6, 6.07) is -0.253. The minimum absolute atomic E-state index is 0.661. The van der Waals surface area contributed by atoms with E-state index in [1.165, 1.54) is 0 Å². The van der Waals surface area contributed by atoms with Gasteiger partial charge in [0.05, 0.1) is 5.56 Å². The monoisotopic (exact) mass is 283 g/mol. The van der Waals surface area contributed by atoms with E-state index in [1.807, 2.05) is 0 Å². The van der Waals surface area contributed by atoms with Gasteiger partial charge in [-0.3, -0.25) is 4.79 Å². The maximum atomic E-state index is 13.3. The van der Waals surface area contributed by atoms with E-state index in [9.17, 15) is 31.5 Å². The average Bonchev–Trinajstić information content (AvgIpc) is 2.25. The summed E-state index contributed by atoms with van der Waals surface area (Å²) in [5, 5.41) is 9.69. The van der Waals surface area contributed by atoms with Gasteiger partial charge < -0.3 is 10.4 Å². The van der Waals surface area contributed by atoms with Gasteiger partial charge in [0.25, 0.3) is 0 Å². The van der Waals surface area contributed by atoms with E-state index in [4.69, 9.17) is 5.11 Å². The lowest BCUT2D eigenvalue weighted by Crippen LogP contribution is -2.42. The van der Waals surface area contributed by atoms with E-state index in [0.717, 1.165) is 11.4 Å². The van der Waals surface area contributed by atoms with E-state index in [-0.39, 0.29) is 0 Å². The van der Waals surface area contributed by atoms with Crippen molar-refractivity contribution in [3.8, 4) is 0 Å². The first-order valence-electron chi connectivity index (χ1n) is 4.69. The number of nitrogens with one attached hydrogen (secondary N) is 1. The zero-order valence-electron chi connectivity index (χ0n) is 8.96. The molecule has 1 unspecified atom stereocenters. The molecule has 104 valence electrons. The number of halogens is 5. The van der Waals surface area contributed by atoms with E-state index >= 15 is 0 Å². The lowest BCUT2D eigenvalue weighted by Gasteiger charge is -2.17. The number of hydrogen-bond acceptors (Lipinski definition) is 2. The second kappa shape index (κ2) is 5.21. The van der Waals surface area contributed by atoms with Gasteiger partial charge in [-0.1, -0.05) is 6.07 Å². The zero-order chi connectivity index (χ0) is 14.8. The molecule has 0 aliphatic rings. The highest BCUT2D eigenvalue weighted by molar-refractivity contribution is 5.87. The molecule has 4 nitrogen and oxygen atoms in total. The standard InChI is InChI=1S/C10H6F5NO3/c11-4-2-1-3-5(12)6(4)7(8(17)18)16-9(19)10(13,14)15/h1-3,7H,(H,16,19)(H,17,18). The molecule has 1 rings (SSSR count). The van der Waals surface area contributed by atoms with Crippen LogP contribution in [0.15, 0.2) is 18.2 Å². The molecule has 0 radical (unpaired) electrons.